The van der Waals surface area contributed by atoms with E-state index in [0.29, 0.717) is 48.4 Å². The van der Waals surface area contributed by atoms with E-state index in [1.165, 1.54) is 40.1 Å². The number of amides is 5. The summed E-state index contributed by atoms with van der Waals surface area (Å²) in [6.45, 7) is 0.524. The molecule has 300 valence electrons. The topological polar surface area (TPSA) is 190 Å². The SMILES string of the molecule is O=C(N[C@H]1CCCCC/C=C\[C@H]2C[C@]2(C(=O)NS(=O)(=O)c2ccc(Cl)cc2)NC(=O)[C@@H]2C[C@@H](OC(=O)N3Cc4cccc(F)c4C3)CN2C1=O)O[C@@H]1CCOC1. The fourth-order valence-electron chi connectivity index (χ4n) is 7.71. The lowest BCUT2D eigenvalue weighted by atomic mass is 10.0. The van der Waals surface area contributed by atoms with E-state index in [0.717, 1.165) is 6.42 Å². The number of nitrogens with one attached hydrogen (secondary N) is 3. The number of halogens is 2. The molecule has 1 aliphatic carbocycles. The number of sulfonamides is 1. The molecule has 18 heteroatoms. The van der Waals surface area contributed by atoms with E-state index in [-0.39, 0.29) is 50.4 Å². The van der Waals surface area contributed by atoms with Gasteiger partial charge < -0.3 is 29.7 Å². The van der Waals surface area contributed by atoms with Crippen LogP contribution in [0.3, 0.4) is 0 Å². The second-order valence-corrected chi connectivity index (χ2v) is 16.9. The second kappa shape index (κ2) is 16.4. The summed E-state index contributed by atoms with van der Waals surface area (Å²) < 4.78 is 59.7. The van der Waals surface area contributed by atoms with Gasteiger partial charge in [-0.15, -0.1) is 0 Å². The van der Waals surface area contributed by atoms with Crippen molar-refractivity contribution < 1.29 is 51.0 Å². The van der Waals surface area contributed by atoms with Crippen LogP contribution in [-0.4, -0.2) is 97.7 Å². The third-order valence-corrected chi connectivity index (χ3v) is 12.5. The van der Waals surface area contributed by atoms with Crippen molar-refractivity contribution in [3.63, 3.8) is 0 Å². The zero-order chi connectivity index (χ0) is 39.6. The molecule has 5 aliphatic rings. The molecule has 0 unspecified atom stereocenters. The number of rotatable bonds is 6. The van der Waals surface area contributed by atoms with Crippen molar-refractivity contribution in [1.29, 1.82) is 0 Å². The molecule has 3 fully saturated rings. The largest absolute Gasteiger partial charge is 0.444 e. The van der Waals surface area contributed by atoms with Crippen molar-refractivity contribution in [2.24, 2.45) is 5.92 Å². The molecule has 5 amide bonds. The summed E-state index contributed by atoms with van der Waals surface area (Å²) >= 11 is 5.93. The van der Waals surface area contributed by atoms with Crippen molar-refractivity contribution in [2.45, 2.75) is 99.2 Å². The minimum atomic E-state index is -4.37. The maximum Gasteiger partial charge on any atom is 0.410 e. The fourth-order valence-corrected chi connectivity index (χ4v) is 8.88. The van der Waals surface area contributed by atoms with Gasteiger partial charge in [-0.25, -0.2) is 27.1 Å². The van der Waals surface area contributed by atoms with Gasteiger partial charge in [0.25, 0.3) is 15.9 Å². The average molecular weight is 816 g/mol. The monoisotopic (exact) mass is 815 g/mol. The van der Waals surface area contributed by atoms with E-state index in [2.05, 4.69) is 15.4 Å². The van der Waals surface area contributed by atoms with Crippen LogP contribution in [0.25, 0.3) is 0 Å². The number of carbonyl (C=O) groups excluding carboxylic acids is 5. The third kappa shape index (κ3) is 8.64. The Bertz CT molecular complexity index is 2010. The maximum atomic E-state index is 14.5. The first-order valence-electron chi connectivity index (χ1n) is 18.7. The van der Waals surface area contributed by atoms with Gasteiger partial charge >= 0.3 is 12.2 Å². The van der Waals surface area contributed by atoms with Gasteiger partial charge in [-0.3, -0.25) is 19.3 Å². The number of nitrogens with zero attached hydrogens (tertiary/aromatic N) is 2. The Morgan fingerprint density at radius 1 is 1.00 bits per heavy atom. The minimum absolute atomic E-state index is 0.0221. The van der Waals surface area contributed by atoms with Crippen molar-refractivity contribution in [1.82, 2.24) is 25.2 Å². The minimum Gasteiger partial charge on any atom is -0.444 e. The van der Waals surface area contributed by atoms with E-state index in [9.17, 15) is 36.8 Å². The highest BCUT2D eigenvalue weighted by atomic mass is 35.5. The third-order valence-electron chi connectivity index (χ3n) is 10.9. The summed E-state index contributed by atoms with van der Waals surface area (Å²) in [7, 11) is -4.37. The summed E-state index contributed by atoms with van der Waals surface area (Å²) in [5.41, 5.74) is -0.666. The van der Waals surface area contributed by atoms with Crippen molar-refractivity contribution in [3.05, 3.63) is 76.6 Å². The van der Waals surface area contributed by atoms with Gasteiger partial charge in [0.15, 0.2) is 0 Å². The molecule has 0 aromatic heterocycles. The molecular weight excluding hydrogens is 773 g/mol. The van der Waals surface area contributed by atoms with Gasteiger partial charge in [0.2, 0.25) is 11.8 Å². The zero-order valence-corrected chi connectivity index (χ0v) is 32.0. The molecule has 4 aliphatic heterocycles. The number of hydrogen-bond acceptors (Lipinski definition) is 10. The summed E-state index contributed by atoms with van der Waals surface area (Å²) in [6, 6.07) is 7.41. The Kier molecular flexibility index (Phi) is 11.6. The number of fused-ring (bicyclic) bond motifs is 3. The maximum absolute atomic E-state index is 14.5. The molecule has 0 spiro atoms. The molecule has 6 atom stereocenters. The van der Waals surface area contributed by atoms with Crippen LogP contribution in [0.4, 0.5) is 14.0 Å². The second-order valence-electron chi connectivity index (χ2n) is 14.8. The van der Waals surface area contributed by atoms with E-state index in [1.807, 2.05) is 6.08 Å². The standard InChI is InChI=1S/C38H43ClFN5O10S/c39-25-11-13-28(14-12-25)56(51,52)43-35(48)38-18-24(38)8-4-2-1-3-5-10-31(41-36(49)54-26-15-16-53-22-26)34(47)45-20-27(17-32(45)33(46)42-38)55-37(50)44-19-23-7-6-9-30(40)29(23)21-44/h4,6-9,11-14,24,26-27,31-32H,1-3,5,10,15-22H2,(H,41,49)(H,42,46)(H,43,48)/b8-4-/t24-,26+,27+,31-,32-,38-/m0/s1. The number of benzene rings is 2. The molecule has 2 aromatic rings. The van der Waals surface area contributed by atoms with E-state index < -0.39 is 81.5 Å². The number of carbonyl (C=O) groups is 5. The number of alkyl carbamates (subject to hydrolysis) is 1. The lowest BCUT2D eigenvalue weighted by Crippen LogP contribution is -2.58. The van der Waals surface area contributed by atoms with Crippen molar-refractivity contribution in [3.8, 4) is 0 Å². The van der Waals surface area contributed by atoms with Crippen molar-refractivity contribution >= 4 is 51.5 Å². The molecule has 15 nitrogen and oxygen atoms in total. The molecule has 0 bridgehead atoms. The molecule has 2 saturated heterocycles. The highest BCUT2D eigenvalue weighted by Crippen LogP contribution is 2.46. The Morgan fingerprint density at radius 2 is 1.80 bits per heavy atom. The van der Waals surface area contributed by atoms with Crippen LogP contribution in [0.1, 0.15) is 62.5 Å². The predicted molar refractivity (Wildman–Crippen MR) is 197 cm³/mol. The van der Waals surface area contributed by atoms with Crippen LogP contribution in [0.2, 0.25) is 5.02 Å². The lowest BCUT2D eigenvalue weighted by Gasteiger charge is -2.30. The summed E-state index contributed by atoms with van der Waals surface area (Å²) in [6.07, 6.45) is 3.82. The summed E-state index contributed by atoms with van der Waals surface area (Å²) in [5, 5.41) is 5.74. The fraction of sp³-hybridized carbons (Fsp3) is 0.500. The summed E-state index contributed by atoms with van der Waals surface area (Å²) in [4.78, 5) is 71.4. The smallest absolute Gasteiger partial charge is 0.410 e. The average Bonchev–Trinajstić information content (AvgIpc) is 3.58. The molecule has 7 rings (SSSR count). The molecule has 3 N–H and O–H groups in total. The van der Waals surface area contributed by atoms with Gasteiger partial charge in [0.1, 0.15) is 35.6 Å². The molecular formula is C38H43ClFN5O10S. The van der Waals surface area contributed by atoms with Gasteiger partial charge in [0.05, 0.1) is 31.2 Å². The van der Waals surface area contributed by atoms with E-state index in [4.69, 9.17) is 25.8 Å². The Morgan fingerprint density at radius 3 is 2.55 bits per heavy atom. The molecule has 0 radical (unpaired) electrons. The normalized spacial score (nSPS) is 28.4. The highest BCUT2D eigenvalue weighted by molar-refractivity contribution is 7.90. The quantitative estimate of drug-likeness (QED) is 0.363. The molecule has 2 aromatic carbocycles. The van der Waals surface area contributed by atoms with Crippen LogP contribution in [-0.2, 0) is 51.7 Å². The van der Waals surface area contributed by atoms with Gasteiger partial charge in [0, 0.05) is 35.9 Å². The van der Waals surface area contributed by atoms with Crippen LogP contribution >= 0.6 is 11.6 Å². The van der Waals surface area contributed by atoms with Gasteiger partial charge in [-0.2, -0.15) is 0 Å². The van der Waals surface area contributed by atoms with Crippen LogP contribution < -0.4 is 15.4 Å². The number of ether oxygens (including phenoxy) is 3. The Labute approximate surface area is 328 Å². The van der Waals surface area contributed by atoms with E-state index in [1.54, 1.807) is 18.2 Å². The van der Waals surface area contributed by atoms with Crippen LogP contribution in [0.15, 0.2) is 59.5 Å². The molecule has 56 heavy (non-hydrogen) atoms. The van der Waals surface area contributed by atoms with E-state index >= 15 is 0 Å². The highest BCUT2D eigenvalue weighted by Gasteiger charge is 2.61. The Balaban J connectivity index is 1.13. The predicted octanol–water partition coefficient (Wildman–Crippen LogP) is 3.68. The molecule has 1 saturated carbocycles. The zero-order valence-electron chi connectivity index (χ0n) is 30.4. The van der Waals surface area contributed by atoms with Gasteiger partial charge in [-0.05, 0) is 61.6 Å². The summed E-state index contributed by atoms with van der Waals surface area (Å²) in [5.74, 6) is -3.36. The first kappa shape index (κ1) is 39.5. The van der Waals surface area contributed by atoms with Crippen molar-refractivity contribution in [2.75, 3.05) is 19.8 Å². The number of hydrogen-bond donors (Lipinski definition) is 3. The Hall–Kier alpha value is -4.74. The molecule has 4 heterocycles. The number of allylic oxidation sites excluding steroid dienone is 1. The van der Waals surface area contributed by atoms with Gasteiger partial charge in [-0.1, -0.05) is 48.7 Å². The lowest BCUT2D eigenvalue weighted by molar-refractivity contribution is -0.141. The first-order chi connectivity index (χ1) is 26.8. The van der Waals surface area contributed by atoms with Crippen LogP contribution in [0.5, 0.6) is 0 Å². The van der Waals surface area contributed by atoms with Crippen LogP contribution in [0, 0.1) is 11.7 Å². The first-order valence-corrected chi connectivity index (χ1v) is 20.6.